The lowest BCUT2D eigenvalue weighted by atomic mass is 10.1. The van der Waals surface area contributed by atoms with Crippen molar-refractivity contribution in [2.45, 2.75) is 38.4 Å². The molecular weight excluding hydrogens is 437 g/mol. The summed E-state index contributed by atoms with van der Waals surface area (Å²) in [7, 11) is 2.11. The summed E-state index contributed by atoms with van der Waals surface area (Å²) in [6.07, 6.45) is 1.98. The van der Waals surface area contributed by atoms with Crippen LogP contribution in [0.2, 0.25) is 0 Å². The molecule has 0 saturated carbocycles. The van der Waals surface area contributed by atoms with Gasteiger partial charge in [-0.3, -0.25) is 14.2 Å². The van der Waals surface area contributed by atoms with E-state index < -0.39 is 44.7 Å². The van der Waals surface area contributed by atoms with Gasteiger partial charge in [-0.2, -0.15) is 0 Å². The smallest absolute Gasteiger partial charge is 0.296 e. The normalized spacial score (nSPS) is 18.1. The van der Waals surface area contributed by atoms with Crippen molar-refractivity contribution in [1.29, 1.82) is 0 Å². The van der Waals surface area contributed by atoms with Crippen molar-refractivity contribution >= 4 is 21.7 Å². The van der Waals surface area contributed by atoms with Gasteiger partial charge in [-0.15, -0.1) is 0 Å². The lowest BCUT2D eigenvalue weighted by Gasteiger charge is -2.33. The number of amides is 1. The van der Waals surface area contributed by atoms with E-state index in [-0.39, 0.29) is 12.4 Å². The lowest BCUT2D eigenvalue weighted by Crippen LogP contribution is -2.42. The summed E-state index contributed by atoms with van der Waals surface area (Å²) in [5.74, 6) is 2.22. The molecule has 1 aliphatic rings. The number of aromatic hydroxyl groups is 1. The van der Waals surface area contributed by atoms with E-state index >= 15 is 0 Å². The quantitative estimate of drug-likeness (QED) is 0.625. The number of hydrogen-bond donors (Lipinski definition) is 2. The first kappa shape index (κ1) is 23.9. The Balaban J connectivity index is 1.98. The first-order valence-electron chi connectivity index (χ1n) is 10.2. The number of carbonyl (C=O) groups excluding carboxylic acids is 1. The number of nitrogens with one attached hydrogen (secondary N) is 1. The maximum Gasteiger partial charge on any atom is 0.296 e. The third-order valence-electron chi connectivity index (χ3n) is 5.62. The van der Waals surface area contributed by atoms with E-state index in [1.165, 1.54) is 33.1 Å². The Bertz CT molecular complexity index is 1160. The third-order valence-corrected chi connectivity index (χ3v) is 7.92. The molecule has 2 heterocycles. The molecule has 0 spiro atoms. The molecule has 1 aliphatic heterocycles. The third kappa shape index (κ3) is 4.69. The van der Waals surface area contributed by atoms with Crippen LogP contribution in [0.3, 0.4) is 0 Å². The van der Waals surface area contributed by atoms with Crippen LogP contribution in [0.1, 0.15) is 47.2 Å². The predicted molar refractivity (Wildman–Crippen MR) is 121 cm³/mol. The van der Waals surface area contributed by atoms with Crippen LogP contribution in [-0.4, -0.2) is 60.4 Å². The summed E-state index contributed by atoms with van der Waals surface area (Å²) < 4.78 is 30.6. The molecule has 2 aromatic rings. The van der Waals surface area contributed by atoms with E-state index in [9.17, 15) is 23.3 Å². The number of fused-ring (bicyclic) bond motifs is 1. The van der Waals surface area contributed by atoms with Gasteiger partial charge in [-0.1, -0.05) is 12.1 Å². The maximum absolute atomic E-state index is 13.1. The van der Waals surface area contributed by atoms with Crippen molar-refractivity contribution in [1.82, 2.24) is 23.5 Å². The van der Waals surface area contributed by atoms with Gasteiger partial charge in [-0.25, -0.2) is 22.2 Å². The minimum atomic E-state index is -2.82. The van der Waals surface area contributed by atoms with E-state index in [2.05, 4.69) is 16.2 Å². The largest absolute Gasteiger partial charge is 0.501 e. The first-order chi connectivity index (χ1) is 15.0. The Hall–Kier alpha value is -2.76. The second kappa shape index (κ2) is 9.39. The highest BCUT2D eigenvalue weighted by molar-refractivity contribution is 7.95. The van der Waals surface area contributed by atoms with Gasteiger partial charge in [0.25, 0.3) is 11.5 Å². The zero-order valence-electron chi connectivity index (χ0n) is 18.4. The minimum Gasteiger partial charge on any atom is -0.501 e. The van der Waals surface area contributed by atoms with Gasteiger partial charge in [0.15, 0.2) is 5.69 Å². The topological polar surface area (TPSA) is 108 Å². The number of hydrogen-bond acceptors (Lipinski definition) is 5. The molecule has 32 heavy (non-hydrogen) atoms. The van der Waals surface area contributed by atoms with Crippen LogP contribution < -0.4 is 10.9 Å². The van der Waals surface area contributed by atoms with E-state index in [1.54, 1.807) is 25.4 Å². The van der Waals surface area contributed by atoms with E-state index in [1.807, 2.05) is 0 Å². The van der Waals surface area contributed by atoms with Gasteiger partial charge < -0.3 is 10.4 Å². The van der Waals surface area contributed by atoms with Crippen molar-refractivity contribution in [2.24, 2.45) is 0 Å². The minimum absolute atomic E-state index is 0.0648. The molecule has 0 bridgehead atoms. The van der Waals surface area contributed by atoms with Crippen LogP contribution in [0.4, 0.5) is 4.39 Å². The van der Waals surface area contributed by atoms with Crippen molar-refractivity contribution in [3.8, 4) is 5.75 Å². The van der Waals surface area contributed by atoms with Crippen LogP contribution in [0.5, 0.6) is 5.75 Å². The number of aromatic nitrogens is 2. The van der Waals surface area contributed by atoms with Crippen LogP contribution in [-0.2, 0) is 23.0 Å². The fourth-order valence-corrected chi connectivity index (χ4v) is 4.71. The summed E-state index contributed by atoms with van der Waals surface area (Å²) in [4.78, 5) is 30.0. The Labute approximate surface area is 186 Å². The number of carbonyl (C=O) groups is 1. The van der Waals surface area contributed by atoms with Crippen LogP contribution in [0.25, 0.3) is 0 Å². The van der Waals surface area contributed by atoms with Crippen molar-refractivity contribution in [3.05, 3.63) is 57.5 Å². The molecule has 2 unspecified atom stereocenters. The van der Waals surface area contributed by atoms with Gasteiger partial charge in [0.2, 0.25) is 5.75 Å². The summed E-state index contributed by atoms with van der Waals surface area (Å²) >= 11 is 0. The highest BCUT2D eigenvalue weighted by Gasteiger charge is 2.32. The van der Waals surface area contributed by atoms with Crippen molar-refractivity contribution in [3.63, 3.8) is 0 Å². The monoisotopic (exact) mass is 465 g/mol. The molecule has 3 rings (SSSR count). The fourth-order valence-electron chi connectivity index (χ4n) is 3.60. The highest BCUT2D eigenvalue weighted by atomic mass is 32.2. The SMILES string of the molecule is C=S(=O)(N(C)C)N(C)C1CCCCn2c1nc(C(=O)NCc1ccc(F)cc1)c(O)c2=O. The Morgan fingerprint density at radius 1 is 1.31 bits per heavy atom. The Morgan fingerprint density at radius 3 is 2.59 bits per heavy atom. The van der Waals surface area contributed by atoms with Crippen LogP contribution in [0.15, 0.2) is 29.1 Å². The van der Waals surface area contributed by atoms with Crippen molar-refractivity contribution < 1.29 is 18.5 Å². The zero-order valence-corrected chi connectivity index (χ0v) is 19.2. The average molecular weight is 466 g/mol. The van der Waals surface area contributed by atoms with Gasteiger partial charge in [-0.05, 0) is 42.8 Å². The van der Waals surface area contributed by atoms with Gasteiger partial charge in [0.05, 0.1) is 15.9 Å². The zero-order chi connectivity index (χ0) is 23.6. The second-order valence-electron chi connectivity index (χ2n) is 7.91. The van der Waals surface area contributed by atoms with Crippen LogP contribution >= 0.6 is 0 Å². The number of nitrogens with zero attached hydrogens (tertiary/aromatic N) is 4. The number of benzene rings is 1. The molecule has 0 radical (unpaired) electrons. The molecule has 174 valence electrons. The first-order valence-corrected chi connectivity index (χ1v) is 11.8. The van der Waals surface area contributed by atoms with Gasteiger partial charge >= 0.3 is 0 Å². The van der Waals surface area contributed by atoms with Gasteiger partial charge in [0.1, 0.15) is 11.6 Å². The molecule has 1 amide bonds. The summed E-state index contributed by atoms with van der Waals surface area (Å²) in [6, 6.07) is 5.04. The lowest BCUT2D eigenvalue weighted by molar-refractivity contribution is 0.0941. The molecule has 0 aliphatic carbocycles. The molecule has 0 fully saturated rings. The molecule has 1 aromatic heterocycles. The maximum atomic E-state index is 13.1. The molecule has 9 nitrogen and oxygen atoms in total. The highest BCUT2D eigenvalue weighted by Crippen LogP contribution is 2.30. The van der Waals surface area contributed by atoms with Crippen LogP contribution in [0, 0.1) is 5.82 Å². The summed E-state index contributed by atoms with van der Waals surface area (Å²) in [5.41, 5.74) is -0.474. The molecule has 2 atom stereocenters. The molecule has 1 aromatic carbocycles. The number of rotatable bonds is 6. The summed E-state index contributed by atoms with van der Waals surface area (Å²) in [5, 5.41) is 13.0. The van der Waals surface area contributed by atoms with Crippen molar-refractivity contribution in [2.75, 3.05) is 21.1 Å². The summed E-state index contributed by atoms with van der Waals surface area (Å²) in [6.45, 7) is 0.395. The molecule has 2 N–H and O–H groups in total. The van der Waals surface area contributed by atoms with E-state index in [0.717, 1.165) is 6.42 Å². The number of halogens is 1. The average Bonchev–Trinajstić information content (AvgIpc) is 2.97. The molecule has 11 heteroatoms. The molecular formula is C21H28FN5O4S. The molecule has 0 saturated heterocycles. The predicted octanol–water partition coefficient (Wildman–Crippen LogP) is 1.28. The van der Waals surface area contributed by atoms with E-state index in [4.69, 9.17) is 0 Å². The fraction of sp³-hybridized carbons (Fsp3) is 0.429. The second-order valence-corrected chi connectivity index (χ2v) is 10.4. The van der Waals surface area contributed by atoms with Gasteiger partial charge in [0, 0.05) is 34.2 Å². The van der Waals surface area contributed by atoms with E-state index in [0.29, 0.717) is 24.9 Å². The standard InChI is InChI=1S/C21H28FN5O4S/c1-25(2)32(4,31)26(3)16-7-5-6-12-27-19(16)24-17(18(28)21(27)30)20(29)23-13-14-8-10-15(22)11-9-14/h8-11,16,28H,4-7,12-13H2,1-3H3,(H,23,29). The Morgan fingerprint density at radius 2 is 1.97 bits per heavy atom. The Kier molecular flexibility index (Phi) is 7.01.